The molecule has 108 valence electrons. The number of benzene rings is 1. The molecule has 0 saturated carbocycles. The fourth-order valence-corrected chi connectivity index (χ4v) is 2.03. The minimum absolute atomic E-state index is 0.439. The van der Waals surface area contributed by atoms with Crippen molar-refractivity contribution in [2.45, 2.75) is 51.3 Å². The summed E-state index contributed by atoms with van der Waals surface area (Å²) in [6.45, 7) is 10.1. The van der Waals surface area contributed by atoms with Crippen molar-refractivity contribution in [3.63, 3.8) is 0 Å². The van der Waals surface area contributed by atoms with Gasteiger partial charge in [-0.2, -0.15) is 0 Å². The lowest BCUT2D eigenvalue weighted by Gasteiger charge is -2.18. The number of hydrogen-bond acceptors (Lipinski definition) is 2. The molecule has 2 atom stereocenters. The summed E-state index contributed by atoms with van der Waals surface area (Å²) in [5.74, 6) is 2.17. The fraction of sp³-hybridized carbons (Fsp3) is 0.625. The molecule has 2 unspecified atom stereocenters. The van der Waals surface area contributed by atoms with Gasteiger partial charge in [-0.3, -0.25) is 0 Å². The van der Waals surface area contributed by atoms with E-state index in [9.17, 15) is 0 Å². The van der Waals surface area contributed by atoms with Crippen LogP contribution in [0.4, 0.5) is 0 Å². The van der Waals surface area contributed by atoms with Crippen LogP contribution in [0.15, 0.2) is 18.2 Å². The van der Waals surface area contributed by atoms with Crippen LogP contribution in [0.5, 0.6) is 11.5 Å². The lowest BCUT2D eigenvalue weighted by molar-refractivity contribution is 0.268. The Morgan fingerprint density at radius 3 is 2.11 bits per heavy atom. The maximum atomic E-state index is 5.81. The summed E-state index contributed by atoms with van der Waals surface area (Å²) >= 11 is 3.64. The van der Waals surface area contributed by atoms with E-state index in [2.05, 4.69) is 55.8 Å². The average Bonchev–Trinajstić information content (AvgIpc) is 2.42. The molecule has 0 amide bonds. The largest absolute Gasteiger partial charge is 0.490 e. The highest BCUT2D eigenvalue weighted by Gasteiger charge is 2.14. The molecule has 0 aliphatic carbocycles. The molecular formula is C16H25BrO2. The normalized spacial score (nSPS) is 13.9. The summed E-state index contributed by atoms with van der Waals surface area (Å²) in [4.78, 5) is 0.439. The van der Waals surface area contributed by atoms with E-state index in [0.717, 1.165) is 37.6 Å². The van der Waals surface area contributed by atoms with Crippen molar-refractivity contribution >= 4 is 15.9 Å². The van der Waals surface area contributed by atoms with Gasteiger partial charge in [-0.05, 0) is 36.5 Å². The Hall–Kier alpha value is -0.700. The van der Waals surface area contributed by atoms with Gasteiger partial charge >= 0.3 is 0 Å². The lowest BCUT2D eigenvalue weighted by atomic mass is 9.98. The Labute approximate surface area is 125 Å². The number of halogens is 1. The molecule has 0 aliphatic heterocycles. The zero-order chi connectivity index (χ0) is 14.3. The van der Waals surface area contributed by atoms with Crippen LogP contribution in [0.25, 0.3) is 0 Å². The predicted molar refractivity (Wildman–Crippen MR) is 84.8 cm³/mol. The third kappa shape index (κ3) is 5.06. The third-order valence-electron chi connectivity index (χ3n) is 3.11. The average molecular weight is 329 g/mol. The third-order valence-corrected chi connectivity index (χ3v) is 3.90. The summed E-state index contributed by atoms with van der Waals surface area (Å²) in [5, 5.41) is 0. The molecule has 1 aromatic rings. The van der Waals surface area contributed by atoms with Crippen LogP contribution in [-0.4, -0.2) is 18.0 Å². The zero-order valence-electron chi connectivity index (χ0n) is 12.4. The van der Waals surface area contributed by atoms with Crippen LogP contribution in [-0.2, 0) is 0 Å². The molecule has 0 bridgehead atoms. The lowest BCUT2D eigenvalue weighted by Crippen LogP contribution is -2.06. The van der Waals surface area contributed by atoms with Gasteiger partial charge in [0, 0.05) is 4.83 Å². The van der Waals surface area contributed by atoms with Gasteiger partial charge < -0.3 is 9.47 Å². The van der Waals surface area contributed by atoms with Crippen LogP contribution in [0.3, 0.4) is 0 Å². The second-order valence-corrected chi connectivity index (χ2v) is 6.31. The highest BCUT2D eigenvalue weighted by atomic mass is 79.9. The van der Waals surface area contributed by atoms with Crippen molar-refractivity contribution in [1.82, 2.24) is 0 Å². The summed E-state index contributed by atoms with van der Waals surface area (Å²) in [7, 11) is 0. The zero-order valence-corrected chi connectivity index (χ0v) is 14.0. The Bertz CT molecular complexity index is 377. The topological polar surface area (TPSA) is 18.5 Å². The van der Waals surface area contributed by atoms with Crippen molar-refractivity contribution < 1.29 is 9.47 Å². The molecule has 2 nitrogen and oxygen atoms in total. The first-order valence-corrected chi connectivity index (χ1v) is 8.05. The molecule has 0 heterocycles. The molecule has 0 saturated heterocycles. The Morgan fingerprint density at radius 2 is 1.58 bits per heavy atom. The number of alkyl halides is 1. The molecule has 0 aromatic heterocycles. The molecule has 0 fully saturated rings. The van der Waals surface area contributed by atoms with Crippen molar-refractivity contribution in [1.29, 1.82) is 0 Å². The van der Waals surface area contributed by atoms with Crippen molar-refractivity contribution in [2.24, 2.45) is 0 Å². The Morgan fingerprint density at radius 1 is 1.00 bits per heavy atom. The van der Waals surface area contributed by atoms with Crippen molar-refractivity contribution in [3.8, 4) is 11.5 Å². The highest BCUT2D eigenvalue weighted by molar-refractivity contribution is 9.09. The predicted octanol–water partition coefficient (Wildman–Crippen LogP) is 5.15. The molecule has 0 N–H and O–H groups in total. The Balaban J connectivity index is 2.93. The number of rotatable bonds is 8. The molecule has 0 radical (unpaired) electrons. The van der Waals surface area contributed by atoms with E-state index in [1.54, 1.807) is 0 Å². The summed E-state index contributed by atoms with van der Waals surface area (Å²) in [5.41, 5.74) is 1.28. The molecular weight excluding hydrogens is 304 g/mol. The van der Waals surface area contributed by atoms with E-state index < -0.39 is 0 Å². The van der Waals surface area contributed by atoms with Crippen LogP contribution in [0, 0.1) is 0 Å². The van der Waals surface area contributed by atoms with Gasteiger partial charge in [-0.25, -0.2) is 0 Å². The first-order chi connectivity index (χ1) is 9.10. The van der Waals surface area contributed by atoms with E-state index >= 15 is 0 Å². The van der Waals surface area contributed by atoms with Gasteiger partial charge in [0.25, 0.3) is 0 Å². The van der Waals surface area contributed by atoms with Gasteiger partial charge in [-0.1, -0.05) is 49.7 Å². The van der Waals surface area contributed by atoms with Crippen molar-refractivity contribution in [3.05, 3.63) is 23.8 Å². The standard InChI is InChI=1S/C16H25BrO2/c1-5-9-18-15-8-7-14(12(3)13(4)17)11-16(15)19-10-6-2/h7-8,11-13H,5-6,9-10H2,1-4H3. The van der Waals surface area contributed by atoms with E-state index in [1.807, 2.05) is 6.07 Å². The number of hydrogen-bond donors (Lipinski definition) is 0. The Kier molecular flexibility index (Phi) is 7.29. The summed E-state index contributed by atoms with van der Waals surface area (Å²) in [6.07, 6.45) is 2.01. The van der Waals surface area contributed by atoms with E-state index in [-0.39, 0.29) is 0 Å². The molecule has 1 aromatic carbocycles. The smallest absolute Gasteiger partial charge is 0.161 e. The monoisotopic (exact) mass is 328 g/mol. The van der Waals surface area contributed by atoms with Gasteiger partial charge in [0.2, 0.25) is 0 Å². The SMILES string of the molecule is CCCOc1ccc(C(C)C(C)Br)cc1OCCC. The van der Waals surface area contributed by atoms with Gasteiger partial charge in [0.15, 0.2) is 11.5 Å². The molecule has 1 rings (SSSR count). The van der Waals surface area contributed by atoms with E-state index in [4.69, 9.17) is 9.47 Å². The van der Waals surface area contributed by atoms with Crippen LogP contribution < -0.4 is 9.47 Å². The maximum Gasteiger partial charge on any atom is 0.161 e. The second-order valence-electron chi connectivity index (χ2n) is 4.87. The van der Waals surface area contributed by atoms with Crippen LogP contribution in [0.2, 0.25) is 0 Å². The van der Waals surface area contributed by atoms with E-state index in [1.165, 1.54) is 5.56 Å². The van der Waals surface area contributed by atoms with Crippen molar-refractivity contribution in [2.75, 3.05) is 13.2 Å². The molecule has 0 aliphatic rings. The van der Waals surface area contributed by atoms with Gasteiger partial charge in [-0.15, -0.1) is 0 Å². The maximum absolute atomic E-state index is 5.81. The minimum atomic E-state index is 0.439. The quantitative estimate of drug-likeness (QED) is 0.614. The van der Waals surface area contributed by atoms with Gasteiger partial charge in [0.1, 0.15) is 0 Å². The van der Waals surface area contributed by atoms with Crippen LogP contribution in [0.1, 0.15) is 52.0 Å². The highest BCUT2D eigenvalue weighted by Crippen LogP contribution is 2.33. The van der Waals surface area contributed by atoms with Crippen LogP contribution >= 0.6 is 15.9 Å². The summed E-state index contributed by atoms with van der Waals surface area (Å²) < 4.78 is 11.6. The fourth-order valence-electron chi connectivity index (χ4n) is 1.73. The molecule has 3 heteroatoms. The first kappa shape index (κ1) is 16.4. The first-order valence-electron chi connectivity index (χ1n) is 7.13. The van der Waals surface area contributed by atoms with Gasteiger partial charge in [0.05, 0.1) is 13.2 Å². The number of ether oxygens (including phenoxy) is 2. The molecule has 0 spiro atoms. The summed E-state index contributed by atoms with van der Waals surface area (Å²) in [6, 6.07) is 6.27. The molecule has 19 heavy (non-hydrogen) atoms. The van der Waals surface area contributed by atoms with E-state index in [0.29, 0.717) is 10.7 Å². The minimum Gasteiger partial charge on any atom is -0.490 e. The second kappa shape index (κ2) is 8.47.